The van der Waals surface area contributed by atoms with E-state index in [0.29, 0.717) is 5.69 Å². The lowest BCUT2D eigenvalue weighted by Crippen LogP contribution is -2.49. The van der Waals surface area contributed by atoms with Gasteiger partial charge in [0.2, 0.25) is 0 Å². The van der Waals surface area contributed by atoms with Crippen LogP contribution in [0.25, 0.3) is 10.6 Å². The summed E-state index contributed by atoms with van der Waals surface area (Å²) in [6, 6.07) is 5.91. The third kappa shape index (κ3) is 3.54. The number of hydrogen-bond donors (Lipinski definition) is 0. The van der Waals surface area contributed by atoms with Gasteiger partial charge in [0, 0.05) is 39.8 Å². The van der Waals surface area contributed by atoms with Crippen molar-refractivity contribution < 1.29 is 4.79 Å². The fourth-order valence-corrected chi connectivity index (χ4v) is 3.82. The predicted molar refractivity (Wildman–Crippen MR) is 98.9 cm³/mol. The Balaban J connectivity index is 1.35. The molecular formula is C17H21N7OS. The van der Waals surface area contributed by atoms with E-state index in [1.54, 1.807) is 28.7 Å². The van der Waals surface area contributed by atoms with Gasteiger partial charge in [-0.3, -0.25) is 19.1 Å². The summed E-state index contributed by atoms with van der Waals surface area (Å²) in [5, 5.41) is 10.6. The van der Waals surface area contributed by atoms with Gasteiger partial charge in [-0.25, -0.2) is 4.98 Å². The predicted octanol–water partition coefficient (Wildman–Crippen LogP) is 1.20. The number of rotatable bonds is 5. The Labute approximate surface area is 155 Å². The van der Waals surface area contributed by atoms with Gasteiger partial charge in [0.05, 0.1) is 11.4 Å². The summed E-state index contributed by atoms with van der Waals surface area (Å²) in [5.41, 5.74) is 1.50. The van der Waals surface area contributed by atoms with Crippen LogP contribution in [0.1, 0.15) is 10.5 Å². The van der Waals surface area contributed by atoms with Gasteiger partial charge in [0.15, 0.2) is 0 Å². The lowest BCUT2D eigenvalue weighted by atomic mass is 10.2. The monoisotopic (exact) mass is 371 g/mol. The highest BCUT2D eigenvalue weighted by Crippen LogP contribution is 2.24. The highest BCUT2D eigenvalue weighted by Gasteiger charge is 2.25. The summed E-state index contributed by atoms with van der Waals surface area (Å²) in [6.07, 6.45) is 3.28. The Bertz CT molecular complexity index is 848. The van der Waals surface area contributed by atoms with E-state index < -0.39 is 0 Å². The minimum atomic E-state index is 0.0544. The molecule has 0 unspecified atom stereocenters. The zero-order valence-corrected chi connectivity index (χ0v) is 15.5. The number of thiophene rings is 1. The zero-order chi connectivity index (χ0) is 17.9. The zero-order valence-electron chi connectivity index (χ0n) is 14.7. The number of hydrogen-bond acceptors (Lipinski definition) is 6. The van der Waals surface area contributed by atoms with Gasteiger partial charge in [-0.15, -0.1) is 11.3 Å². The van der Waals surface area contributed by atoms with E-state index in [1.165, 1.54) is 0 Å². The Morgan fingerprint density at radius 2 is 2.08 bits per heavy atom. The van der Waals surface area contributed by atoms with Crippen LogP contribution in [0.2, 0.25) is 0 Å². The van der Waals surface area contributed by atoms with Crippen molar-refractivity contribution in [2.75, 3.05) is 32.7 Å². The molecule has 1 aliphatic heterocycles. The summed E-state index contributed by atoms with van der Waals surface area (Å²) in [7, 11) is 1.83. The van der Waals surface area contributed by atoms with Crippen molar-refractivity contribution in [1.29, 1.82) is 0 Å². The smallest absolute Gasteiger partial charge is 0.272 e. The number of carbonyl (C=O) groups is 1. The lowest BCUT2D eigenvalue weighted by molar-refractivity contribution is 0.0621. The largest absolute Gasteiger partial charge is 0.335 e. The van der Waals surface area contributed by atoms with Gasteiger partial charge in [0.1, 0.15) is 24.0 Å². The average Bonchev–Trinajstić information content (AvgIpc) is 3.41. The molecule has 0 aliphatic carbocycles. The Hall–Kier alpha value is -2.52. The first-order valence-electron chi connectivity index (χ1n) is 8.62. The molecule has 0 spiro atoms. The topological polar surface area (TPSA) is 72.1 Å². The van der Waals surface area contributed by atoms with E-state index in [4.69, 9.17) is 0 Å². The molecule has 8 nitrogen and oxygen atoms in total. The molecule has 0 atom stereocenters. The van der Waals surface area contributed by atoms with Gasteiger partial charge in [-0.05, 0) is 17.5 Å². The number of aromatic nitrogens is 5. The third-order valence-electron chi connectivity index (χ3n) is 4.64. The number of aryl methyl sites for hydroxylation is 1. The van der Waals surface area contributed by atoms with E-state index in [1.807, 2.05) is 40.2 Å². The molecule has 26 heavy (non-hydrogen) atoms. The normalized spacial score (nSPS) is 15.5. The van der Waals surface area contributed by atoms with Crippen molar-refractivity contribution in [3.05, 3.63) is 41.9 Å². The van der Waals surface area contributed by atoms with Crippen molar-refractivity contribution in [2.24, 2.45) is 7.05 Å². The summed E-state index contributed by atoms with van der Waals surface area (Å²) in [4.78, 5) is 22.2. The molecule has 1 amide bonds. The maximum Gasteiger partial charge on any atom is 0.272 e. The fourth-order valence-electron chi connectivity index (χ4n) is 3.14. The lowest BCUT2D eigenvalue weighted by Gasteiger charge is -2.34. The minimum absolute atomic E-state index is 0.0544. The SMILES string of the molecule is Cn1nc(-c2cccs2)cc1C(=O)N1CCN(CCn2cncn2)CC1. The second kappa shape index (κ2) is 7.38. The molecule has 1 saturated heterocycles. The van der Waals surface area contributed by atoms with Crippen LogP contribution in [0.3, 0.4) is 0 Å². The van der Waals surface area contributed by atoms with Crippen LogP contribution in [-0.2, 0) is 13.6 Å². The molecule has 136 valence electrons. The molecular weight excluding hydrogens is 350 g/mol. The number of carbonyl (C=O) groups excluding carboxylic acids is 1. The summed E-state index contributed by atoms with van der Waals surface area (Å²) < 4.78 is 3.52. The summed E-state index contributed by atoms with van der Waals surface area (Å²) in [5.74, 6) is 0.0544. The highest BCUT2D eigenvalue weighted by atomic mass is 32.1. The summed E-state index contributed by atoms with van der Waals surface area (Å²) >= 11 is 1.63. The number of amides is 1. The van der Waals surface area contributed by atoms with Crippen molar-refractivity contribution >= 4 is 17.2 Å². The van der Waals surface area contributed by atoms with Crippen LogP contribution in [0.15, 0.2) is 36.2 Å². The minimum Gasteiger partial charge on any atom is -0.335 e. The second-order valence-electron chi connectivity index (χ2n) is 6.31. The van der Waals surface area contributed by atoms with Gasteiger partial charge in [0.25, 0.3) is 5.91 Å². The van der Waals surface area contributed by atoms with Crippen LogP contribution in [-0.4, -0.2) is 73.0 Å². The van der Waals surface area contributed by atoms with Crippen LogP contribution in [0.5, 0.6) is 0 Å². The van der Waals surface area contributed by atoms with Crippen LogP contribution >= 0.6 is 11.3 Å². The molecule has 3 aromatic heterocycles. The second-order valence-corrected chi connectivity index (χ2v) is 7.26. The molecule has 0 aromatic carbocycles. The maximum absolute atomic E-state index is 12.9. The maximum atomic E-state index is 12.9. The van der Waals surface area contributed by atoms with E-state index in [9.17, 15) is 4.79 Å². The van der Waals surface area contributed by atoms with Crippen LogP contribution in [0.4, 0.5) is 0 Å². The van der Waals surface area contributed by atoms with Gasteiger partial charge in [-0.1, -0.05) is 6.07 Å². The van der Waals surface area contributed by atoms with Crippen LogP contribution in [0, 0.1) is 0 Å². The first kappa shape index (κ1) is 16.9. The number of nitrogens with zero attached hydrogens (tertiary/aromatic N) is 7. The van der Waals surface area contributed by atoms with Gasteiger partial charge >= 0.3 is 0 Å². The van der Waals surface area contributed by atoms with Crippen LogP contribution < -0.4 is 0 Å². The highest BCUT2D eigenvalue weighted by molar-refractivity contribution is 7.13. The van der Waals surface area contributed by atoms with E-state index in [-0.39, 0.29) is 5.91 Å². The third-order valence-corrected chi connectivity index (χ3v) is 5.54. The first-order chi connectivity index (χ1) is 12.7. The molecule has 1 fully saturated rings. The molecule has 0 N–H and O–H groups in total. The molecule has 4 rings (SSSR count). The molecule has 0 saturated carbocycles. The summed E-state index contributed by atoms with van der Waals surface area (Å²) in [6.45, 7) is 4.94. The van der Waals surface area contributed by atoms with Gasteiger partial charge in [-0.2, -0.15) is 10.2 Å². The molecule has 1 aliphatic rings. The average molecular weight is 371 g/mol. The quantitative estimate of drug-likeness (QED) is 0.674. The Morgan fingerprint density at radius 1 is 1.23 bits per heavy atom. The fraction of sp³-hybridized carbons (Fsp3) is 0.412. The standard InChI is InChI=1S/C17H21N7OS/c1-21-15(11-14(20-21)16-3-2-10-26-16)17(25)23-7-4-22(5-8-23)6-9-24-13-18-12-19-24/h2-3,10-13H,4-9H2,1H3. The van der Waals surface area contributed by atoms with Crippen molar-refractivity contribution in [3.63, 3.8) is 0 Å². The van der Waals surface area contributed by atoms with E-state index in [2.05, 4.69) is 20.1 Å². The van der Waals surface area contributed by atoms with Crippen molar-refractivity contribution in [3.8, 4) is 10.6 Å². The molecule has 0 radical (unpaired) electrons. The van der Waals surface area contributed by atoms with E-state index in [0.717, 1.165) is 49.8 Å². The van der Waals surface area contributed by atoms with Crippen molar-refractivity contribution in [2.45, 2.75) is 6.54 Å². The first-order valence-corrected chi connectivity index (χ1v) is 9.50. The molecule has 9 heteroatoms. The van der Waals surface area contributed by atoms with E-state index >= 15 is 0 Å². The molecule has 0 bridgehead atoms. The van der Waals surface area contributed by atoms with Crippen molar-refractivity contribution in [1.82, 2.24) is 34.3 Å². The van der Waals surface area contributed by atoms with Gasteiger partial charge < -0.3 is 4.90 Å². The molecule has 3 aromatic rings. The molecule has 4 heterocycles. The number of piperazine rings is 1. The Kier molecular flexibility index (Phi) is 4.81. The Morgan fingerprint density at radius 3 is 2.77 bits per heavy atom.